The summed E-state index contributed by atoms with van der Waals surface area (Å²) in [6, 6.07) is 4.59. The van der Waals surface area contributed by atoms with Crippen LogP contribution in [0.1, 0.15) is 61.1 Å². The maximum Gasteiger partial charge on any atom is 0.408 e. The van der Waals surface area contributed by atoms with E-state index in [1.54, 1.807) is 67.5 Å². The molecule has 2 aliphatic rings. The van der Waals surface area contributed by atoms with Crippen LogP contribution in [0.3, 0.4) is 0 Å². The highest BCUT2D eigenvalue weighted by molar-refractivity contribution is 5.82. The Morgan fingerprint density at radius 2 is 1.90 bits per heavy atom. The van der Waals surface area contributed by atoms with Gasteiger partial charge in [0.1, 0.15) is 54.5 Å². The third kappa shape index (κ3) is 5.50. The molecule has 13 heteroatoms. The molecule has 2 fully saturated rings. The molecule has 2 saturated heterocycles. The molecule has 2 aromatic heterocycles. The number of nitriles is 1. The van der Waals surface area contributed by atoms with Crippen molar-refractivity contribution < 1.29 is 33.3 Å². The minimum Gasteiger partial charge on any atom is -0.461 e. The van der Waals surface area contributed by atoms with Gasteiger partial charge in [-0.1, -0.05) is 20.8 Å². The van der Waals surface area contributed by atoms with Crippen LogP contribution in [0.15, 0.2) is 18.5 Å². The van der Waals surface area contributed by atoms with Crippen molar-refractivity contribution >= 4 is 23.4 Å². The number of nitrogen functional groups attached to an aromatic ring is 1. The third-order valence-corrected chi connectivity index (χ3v) is 6.41. The van der Waals surface area contributed by atoms with Gasteiger partial charge in [-0.05, 0) is 52.2 Å². The van der Waals surface area contributed by atoms with Crippen LogP contribution in [-0.2, 0) is 34.1 Å². The smallest absolute Gasteiger partial charge is 0.408 e. The van der Waals surface area contributed by atoms with Gasteiger partial charge >= 0.3 is 12.1 Å². The van der Waals surface area contributed by atoms with E-state index < -0.39 is 58.8 Å². The Balaban J connectivity index is 1.59. The average molecular weight is 545 g/mol. The number of esters is 1. The molecule has 2 aromatic rings. The Kier molecular flexibility index (Phi) is 7.04. The normalized spacial score (nSPS) is 27.0. The summed E-state index contributed by atoms with van der Waals surface area (Å²) in [7, 11) is 0. The van der Waals surface area contributed by atoms with Gasteiger partial charge in [0.25, 0.3) is 0 Å². The molecule has 13 nitrogen and oxygen atoms in total. The highest BCUT2D eigenvalue weighted by Crippen LogP contribution is 2.49. The first-order valence-electron chi connectivity index (χ1n) is 12.7. The van der Waals surface area contributed by atoms with E-state index in [0.29, 0.717) is 11.2 Å². The van der Waals surface area contributed by atoms with Crippen molar-refractivity contribution in [2.75, 3.05) is 12.3 Å². The fraction of sp³-hybridized carbons (Fsp3) is 0.654. The summed E-state index contributed by atoms with van der Waals surface area (Å²) in [5.41, 5.74) is 3.78. The lowest BCUT2D eigenvalue weighted by atomic mass is 9.87. The number of amides is 1. The standard InChI is InChI=1S/C26H36N6O7/c1-23(2,3)18(31-22(34)39-24(4,5)6)21(33)35-11-15-17-19(38-25(7,8)37-17)26(12-27,36-15)16-10-9-14-20(28)29-13-30-32(14)16/h9-10,13,15,17-19H,11H2,1-8H3,(H,31,34)(H2,28,29,30)/t15-,17-,18-,19-,26+/m1/s1. The number of hydrogen-bond acceptors (Lipinski definition) is 11. The first kappa shape index (κ1) is 28.5. The minimum absolute atomic E-state index is 0.235. The summed E-state index contributed by atoms with van der Waals surface area (Å²) in [5, 5.41) is 17.3. The van der Waals surface area contributed by atoms with E-state index in [-0.39, 0.29) is 12.4 Å². The van der Waals surface area contributed by atoms with E-state index in [0.717, 1.165) is 0 Å². The van der Waals surface area contributed by atoms with Crippen molar-refractivity contribution in [3.05, 3.63) is 24.2 Å². The quantitative estimate of drug-likeness (QED) is 0.529. The van der Waals surface area contributed by atoms with Crippen molar-refractivity contribution in [1.29, 1.82) is 5.26 Å². The Labute approximate surface area is 226 Å². The van der Waals surface area contributed by atoms with Gasteiger partial charge in [-0.25, -0.2) is 19.1 Å². The van der Waals surface area contributed by atoms with Crippen molar-refractivity contribution in [2.24, 2.45) is 5.41 Å². The molecule has 5 atom stereocenters. The van der Waals surface area contributed by atoms with Gasteiger partial charge in [-0.3, -0.25) is 0 Å². The summed E-state index contributed by atoms with van der Waals surface area (Å²) in [6.45, 7) is 13.8. The van der Waals surface area contributed by atoms with Crippen molar-refractivity contribution in [1.82, 2.24) is 19.9 Å². The number of carbonyl (C=O) groups is 2. The maximum atomic E-state index is 13.2. The highest BCUT2D eigenvalue weighted by Gasteiger charge is 2.65. The van der Waals surface area contributed by atoms with Gasteiger partial charge in [-0.15, -0.1) is 0 Å². The second kappa shape index (κ2) is 9.62. The van der Waals surface area contributed by atoms with E-state index in [4.69, 9.17) is 29.4 Å². The number of anilines is 1. The van der Waals surface area contributed by atoms with E-state index in [2.05, 4.69) is 21.5 Å². The van der Waals surface area contributed by atoms with E-state index in [1.165, 1.54) is 10.8 Å². The molecular formula is C26H36N6O7. The molecule has 0 bridgehead atoms. The molecule has 0 spiro atoms. The molecule has 0 unspecified atom stereocenters. The van der Waals surface area contributed by atoms with Crippen LogP contribution >= 0.6 is 0 Å². The number of nitrogens with two attached hydrogens (primary N) is 1. The van der Waals surface area contributed by atoms with Crippen molar-refractivity contribution in [2.45, 2.75) is 96.7 Å². The van der Waals surface area contributed by atoms with Gasteiger partial charge in [-0.2, -0.15) is 10.4 Å². The SMILES string of the molecule is CC(C)(C)OC(=O)N[C@H](C(=O)OC[C@H]1O[C@@](C#N)(c2ccc3c(N)ncnn23)[C@@H]2OC(C)(C)O[C@@H]21)C(C)(C)C. The lowest BCUT2D eigenvalue weighted by molar-refractivity contribution is -0.207. The molecule has 1 amide bonds. The van der Waals surface area contributed by atoms with Gasteiger partial charge in [0.15, 0.2) is 11.6 Å². The number of rotatable bonds is 5. The molecule has 3 N–H and O–H groups in total. The van der Waals surface area contributed by atoms with Crippen molar-refractivity contribution in [3.63, 3.8) is 0 Å². The molecule has 4 rings (SSSR count). The fourth-order valence-corrected chi connectivity index (χ4v) is 4.77. The Morgan fingerprint density at radius 3 is 2.51 bits per heavy atom. The second-order valence-corrected chi connectivity index (χ2v) is 12.3. The van der Waals surface area contributed by atoms with Crippen LogP contribution in [0.2, 0.25) is 0 Å². The topological polar surface area (TPSA) is 172 Å². The Bertz CT molecular complexity index is 1300. The molecule has 4 heterocycles. The van der Waals surface area contributed by atoms with Gasteiger partial charge in [0.2, 0.25) is 5.60 Å². The number of alkyl carbamates (subject to hydrolysis) is 1. The van der Waals surface area contributed by atoms with Crippen LogP contribution in [-0.4, -0.2) is 69.0 Å². The number of hydrogen-bond donors (Lipinski definition) is 2. The minimum atomic E-state index is -1.65. The van der Waals surface area contributed by atoms with E-state index >= 15 is 0 Å². The van der Waals surface area contributed by atoms with Crippen LogP contribution in [0.25, 0.3) is 5.52 Å². The predicted octanol–water partition coefficient (Wildman–Crippen LogP) is 2.43. The predicted molar refractivity (Wildman–Crippen MR) is 137 cm³/mol. The van der Waals surface area contributed by atoms with Crippen LogP contribution < -0.4 is 11.1 Å². The van der Waals surface area contributed by atoms with Crippen molar-refractivity contribution in [3.8, 4) is 6.07 Å². The van der Waals surface area contributed by atoms with Crippen LogP contribution in [0, 0.1) is 16.7 Å². The maximum absolute atomic E-state index is 13.2. The molecule has 2 aliphatic heterocycles. The molecule has 0 radical (unpaired) electrons. The number of carbonyl (C=O) groups excluding carboxylic acids is 2. The number of fused-ring (bicyclic) bond motifs is 2. The monoisotopic (exact) mass is 544 g/mol. The first-order chi connectivity index (χ1) is 18.0. The average Bonchev–Trinajstić information content (AvgIpc) is 3.45. The summed E-state index contributed by atoms with van der Waals surface area (Å²) in [5.74, 6) is -1.48. The molecule has 0 saturated carbocycles. The number of aromatic nitrogens is 3. The zero-order valence-electron chi connectivity index (χ0n) is 23.5. The number of nitrogens with one attached hydrogen (secondary N) is 1. The summed E-state index contributed by atoms with van der Waals surface area (Å²) >= 11 is 0. The molecule has 0 aromatic carbocycles. The zero-order valence-corrected chi connectivity index (χ0v) is 23.5. The molecule has 39 heavy (non-hydrogen) atoms. The molecular weight excluding hydrogens is 508 g/mol. The van der Waals surface area contributed by atoms with E-state index in [9.17, 15) is 14.9 Å². The summed E-state index contributed by atoms with van der Waals surface area (Å²) < 4.78 is 31.0. The highest BCUT2D eigenvalue weighted by atomic mass is 16.8. The fourth-order valence-electron chi connectivity index (χ4n) is 4.77. The summed E-state index contributed by atoms with van der Waals surface area (Å²) in [4.78, 5) is 29.6. The summed E-state index contributed by atoms with van der Waals surface area (Å²) in [6.07, 6.45) is -1.94. The lowest BCUT2D eigenvalue weighted by Gasteiger charge is -2.31. The largest absolute Gasteiger partial charge is 0.461 e. The second-order valence-electron chi connectivity index (χ2n) is 12.3. The van der Waals surface area contributed by atoms with Crippen LogP contribution in [0.4, 0.5) is 10.6 Å². The zero-order chi connectivity index (χ0) is 29.0. The van der Waals surface area contributed by atoms with E-state index in [1.807, 2.05) is 0 Å². The lowest BCUT2D eigenvalue weighted by Crippen LogP contribution is -2.51. The number of ether oxygens (including phenoxy) is 5. The van der Waals surface area contributed by atoms with Gasteiger partial charge < -0.3 is 34.7 Å². The van der Waals surface area contributed by atoms with Crippen LogP contribution in [0.5, 0.6) is 0 Å². The van der Waals surface area contributed by atoms with Gasteiger partial charge in [0, 0.05) is 0 Å². The number of nitrogens with zero attached hydrogens (tertiary/aromatic N) is 4. The Hall–Kier alpha value is -3.47. The molecule has 212 valence electrons. The first-order valence-corrected chi connectivity index (χ1v) is 12.7. The third-order valence-electron chi connectivity index (χ3n) is 6.41. The van der Waals surface area contributed by atoms with Gasteiger partial charge in [0.05, 0.1) is 5.69 Å². The molecule has 0 aliphatic carbocycles. The Morgan fingerprint density at radius 1 is 1.21 bits per heavy atom.